The van der Waals surface area contributed by atoms with E-state index in [-0.39, 0.29) is 11.4 Å². The number of halogens is 2. The number of amides is 1. The van der Waals surface area contributed by atoms with Gasteiger partial charge in [0.1, 0.15) is 5.82 Å². The fourth-order valence-electron chi connectivity index (χ4n) is 1.93. The Labute approximate surface area is 138 Å². The molecule has 1 amide bonds. The van der Waals surface area contributed by atoms with Crippen molar-refractivity contribution in [2.45, 2.75) is 6.42 Å². The molecule has 24 heavy (non-hydrogen) atoms. The number of carbonyl (C=O) groups is 1. The molecule has 8 heteroatoms. The molecular weight excluding hydrogens is 316 g/mol. The van der Waals surface area contributed by atoms with Crippen molar-refractivity contribution in [1.29, 1.82) is 0 Å². The second-order valence-corrected chi connectivity index (χ2v) is 5.47. The highest BCUT2D eigenvalue weighted by Gasteiger charge is 2.10. The molecule has 0 spiro atoms. The fraction of sp³-hybridized carbons (Fsp3) is 0.312. The number of hydrogen-bond acceptors (Lipinski definition) is 5. The van der Waals surface area contributed by atoms with E-state index in [1.165, 1.54) is 12.1 Å². The lowest BCUT2D eigenvalue weighted by Crippen LogP contribution is -2.17. The third-order valence-electron chi connectivity index (χ3n) is 3.16. The molecule has 0 aliphatic rings. The first-order chi connectivity index (χ1) is 11.5. The molecule has 0 radical (unpaired) electrons. The Hall–Kier alpha value is -2.61. The van der Waals surface area contributed by atoms with Crippen molar-refractivity contribution in [3.8, 4) is 0 Å². The van der Waals surface area contributed by atoms with Gasteiger partial charge in [0.15, 0.2) is 17.3 Å². The number of rotatable bonds is 7. The van der Waals surface area contributed by atoms with E-state index in [0.717, 1.165) is 31.6 Å². The van der Waals surface area contributed by atoms with Crippen molar-refractivity contribution in [3.05, 3.63) is 47.7 Å². The summed E-state index contributed by atoms with van der Waals surface area (Å²) in [7, 11) is 4.00. The minimum atomic E-state index is -1.03. The van der Waals surface area contributed by atoms with Gasteiger partial charge in [0.25, 0.3) is 5.91 Å². The lowest BCUT2D eigenvalue weighted by molar-refractivity contribution is 0.102. The Kier molecular flexibility index (Phi) is 6.14. The average Bonchev–Trinajstić information content (AvgIpc) is 2.55. The van der Waals surface area contributed by atoms with Crippen molar-refractivity contribution >= 4 is 17.4 Å². The van der Waals surface area contributed by atoms with Gasteiger partial charge in [0.2, 0.25) is 0 Å². The number of nitrogens with one attached hydrogen (secondary N) is 2. The summed E-state index contributed by atoms with van der Waals surface area (Å²) in [5.74, 6) is -1.99. The standard InChI is InChI=1S/C16H19F2N5O/c1-23(2)9-3-8-19-15-7-6-14(21-22-15)16(24)20-11-4-5-12(17)13(18)10-11/h4-7,10H,3,8-9H2,1-2H3,(H,19,22)(H,20,24). The molecule has 0 saturated carbocycles. The van der Waals surface area contributed by atoms with Gasteiger partial charge in [-0.25, -0.2) is 8.78 Å². The highest BCUT2D eigenvalue weighted by atomic mass is 19.2. The molecule has 1 heterocycles. The molecule has 2 rings (SSSR count). The van der Waals surface area contributed by atoms with Gasteiger partial charge in [0.05, 0.1) is 0 Å². The van der Waals surface area contributed by atoms with Gasteiger partial charge in [-0.3, -0.25) is 4.79 Å². The first kappa shape index (κ1) is 17.7. The zero-order valence-corrected chi connectivity index (χ0v) is 13.5. The van der Waals surface area contributed by atoms with Gasteiger partial charge >= 0.3 is 0 Å². The fourth-order valence-corrected chi connectivity index (χ4v) is 1.93. The Morgan fingerprint density at radius 2 is 1.92 bits per heavy atom. The number of benzene rings is 1. The summed E-state index contributed by atoms with van der Waals surface area (Å²) in [4.78, 5) is 14.1. The Balaban J connectivity index is 1.89. The number of aromatic nitrogens is 2. The van der Waals surface area contributed by atoms with E-state index in [9.17, 15) is 13.6 Å². The highest BCUT2D eigenvalue weighted by Crippen LogP contribution is 2.14. The Bertz CT molecular complexity index is 691. The van der Waals surface area contributed by atoms with Crippen LogP contribution < -0.4 is 10.6 Å². The van der Waals surface area contributed by atoms with Crippen molar-refractivity contribution in [2.75, 3.05) is 37.8 Å². The third-order valence-corrected chi connectivity index (χ3v) is 3.16. The van der Waals surface area contributed by atoms with Gasteiger partial charge < -0.3 is 15.5 Å². The zero-order chi connectivity index (χ0) is 17.5. The van der Waals surface area contributed by atoms with E-state index in [0.29, 0.717) is 5.82 Å². The lowest BCUT2D eigenvalue weighted by Gasteiger charge is -2.10. The second kappa shape index (κ2) is 8.30. The van der Waals surface area contributed by atoms with Crippen LogP contribution in [0.25, 0.3) is 0 Å². The van der Waals surface area contributed by atoms with Crippen LogP contribution >= 0.6 is 0 Å². The summed E-state index contributed by atoms with van der Waals surface area (Å²) < 4.78 is 26.0. The summed E-state index contributed by atoms with van der Waals surface area (Å²) in [6, 6.07) is 6.27. The van der Waals surface area contributed by atoms with Crippen molar-refractivity contribution in [2.24, 2.45) is 0 Å². The van der Waals surface area contributed by atoms with Gasteiger partial charge in [0, 0.05) is 18.3 Å². The number of hydrogen-bond donors (Lipinski definition) is 2. The van der Waals surface area contributed by atoms with E-state index in [4.69, 9.17) is 0 Å². The molecule has 1 aromatic heterocycles. The van der Waals surface area contributed by atoms with Gasteiger partial charge in [-0.05, 0) is 51.3 Å². The molecule has 128 valence electrons. The van der Waals surface area contributed by atoms with Crippen LogP contribution in [-0.2, 0) is 0 Å². The zero-order valence-electron chi connectivity index (χ0n) is 13.5. The largest absolute Gasteiger partial charge is 0.369 e. The van der Waals surface area contributed by atoms with Gasteiger partial charge in [-0.1, -0.05) is 0 Å². The maximum Gasteiger partial charge on any atom is 0.276 e. The molecule has 0 bridgehead atoms. The summed E-state index contributed by atoms with van der Waals surface area (Å²) in [6.07, 6.45) is 0.951. The molecule has 6 nitrogen and oxygen atoms in total. The van der Waals surface area contributed by atoms with Crippen LogP contribution in [0.1, 0.15) is 16.9 Å². The molecule has 2 N–H and O–H groups in total. The quantitative estimate of drug-likeness (QED) is 0.760. The molecule has 0 fully saturated rings. The Morgan fingerprint density at radius 3 is 2.54 bits per heavy atom. The molecule has 0 atom stereocenters. The molecule has 0 unspecified atom stereocenters. The van der Waals surface area contributed by atoms with Crippen LogP contribution in [0.5, 0.6) is 0 Å². The lowest BCUT2D eigenvalue weighted by atomic mass is 10.3. The normalized spacial score (nSPS) is 10.7. The topological polar surface area (TPSA) is 70.2 Å². The van der Waals surface area contributed by atoms with Crippen LogP contribution in [0, 0.1) is 11.6 Å². The maximum atomic E-state index is 13.1. The number of nitrogens with zero attached hydrogens (tertiary/aromatic N) is 3. The van der Waals surface area contributed by atoms with Crippen LogP contribution in [-0.4, -0.2) is 48.2 Å². The summed E-state index contributed by atoms with van der Waals surface area (Å²) >= 11 is 0. The predicted molar refractivity (Wildman–Crippen MR) is 88.0 cm³/mol. The van der Waals surface area contributed by atoms with Gasteiger partial charge in [-0.2, -0.15) is 0 Å². The first-order valence-electron chi connectivity index (χ1n) is 7.44. The van der Waals surface area contributed by atoms with E-state index in [1.807, 2.05) is 14.1 Å². The van der Waals surface area contributed by atoms with E-state index in [2.05, 4.69) is 25.7 Å². The number of carbonyl (C=O) groups excluding carboxylic acids is 1. The van der Waals surface area contributed by atoms with Crippen LogP contribution in [0.15, 0.2) is 30.3 Å². The van der Waals surface area contributed by atoms with Crippen molar-refractivity contribution in [1.82, 2.24) is 15.1 Å². The third kappa shape index (κ3) is 5.24. The SMILES string of the molecule is CN(C)CCCNc1ccc(C(=O)Nc2ccc(F)c(F)c2)nn1. The maximum absolute atomic E-state index is 13.1. The van der Waals surface area contributed by atoms with Crippen molar-refractivity contribution < 1.29 is 13.6 Å². The highest BCUT2D eigenvalue weighted by molar-refractivity contribution is 6.02. The number of anilines is 2. The van der Waals surface area contributed by atoms with Gasteiger partial charge in [-0.15, -0.1) is 10.2 Å². The molecule has 0 saturated heterocycles. The molecule has 0 aliphatic heterocycles. The summed E-state index contributed by atoms with van der Waals surface area (Å²) in [6.45, 7) is 1.70. The van der Waals surface area contributed by atoms with E-state index >= 15 is 0 Å². The van der Waals surface area contributed by atoms with E-state index in [1.54, 1.807) is 6.07 Å². The Morgan fingerprint density at radius 1 is 1.12 bits per heavy atom. The van der Waals surface area contributed by atoms with Crippen molar-refractivity contribution in [3.63, 3.8) is 0 Å². The second-order valence-electron chi connectivity index (χ2n) is 5.47. The molecule has 1 aromatic carbocycles. The first-order valence-corrected chi connectivity index (χ1v) is 7.44. The minimum Gasteiger partial charge on any atom is -0.369 e. The van der Waals surface area contributed by atoms with Crippen LogP contribution in [0.4, 0.5) is 20.3 Å². The summed E-state index contributed by atoms with van der Waals surface area (Å²) in [5.41, 5.74) is 0.227. The molecule has 2 aromatic rings. The molecule has 0 aliphatic carbocycles. The smallest absolute Gasteiger partial charge is 0.276 e. The van der Waals surface area contributed by atoms with E-state index < -0.39 is 17.5 Å². The predicted octanol–water partition coefficient (Wildman–Crippen LogP) is 2.37. The van der Waals surface area contributed by atoms with Crippen LogP contribution in [0.2, 0.25) is 0 Å². The molecular formula is C16H19F2N5O. The minimum absolute atomic E-state index is 0.0820. The monoisotopic (exact) mass is 335 g/mol. The van der Waals surface area contributed by atoms with Crippen LogP contribution in [0.3, 0.4) is 0 Å². The average molecular weight is 335 g/mol. The summed E-state index contributed by atoms with van der Waals surface area (Å²) in [5, 5.41) is 13.3.